The van der Waals surface area contributed by atoms with Gasteiger partial charge in [0.2, 0.25) is 0 Å². The first-order chi connectivity index (χ1) is 7.19. The second-order valence-corrected chi connectivity index (χ2v) is 3.26. The Hall–Kier alpha value is -1.45. The number of halogens is 1. The van der Waals surface area contributed by atoms with Crippen molar-refractivity contribution in [3.8, 4) is 17.9 Å². The zero-order valence-electron chi connectivity index (χ0n) is 9.06. The fourth-order valence-corrected chi connectivity index (χ4v) is 1.26. The van der Waals surface area contributed by atoms with Gasteiger partial charge in [-0.05, 0) is 35.0 Å². The molecule has 0 atom stereocenters. The molecule has 0 saturated heterocycles. The van der Waals surface area contributed by atoms with Gasteiger partial charge in [0.15, 0.2) is 0 Å². The molecule has 0 bridgehead atoms. The Labute approximate surface area is 99.2 Å². The van der Waals surface area contributed by atoms with Gasteiger partial charge in [-0.25, -0.2) is 0 Å². The summed E-state index contributed by atoms with van der Waals surface area (Å²) in [7, 11) is 0. The van der Waals surface area contributed by atoms with Crippen molar-refractivity contribution in [2.45, 2.75) is 20.8 Å². The predicted molar refractivity (Wildman–Crippen MR) is 67.2 cm³/mol. The van der Waals surface area contributed by atoms with Crippen molar-refractivity contribution in [1.82, 2.24) is 0 Å². The van der Waals surface area contributed by atoms with Crippen LogP contribution in [0.3, 0.4) is 0 Å². The summed E-state index contributed by atoms with van der Waals surface area (Å²) in [6.07, 6.45) is 0. The van der Waals surface area contributed by atoms with Crippen molar-refractivity contribution in [3.63, 3.8) is 0 Å². The van der Waals surface area contributed by atoms with Gasteiger partial charge in [-0.3, -0.25) is 0 Å². The van der Waals surface area contributed by atoms with Gasteiger partial charge in [0.05, 0.1) is 5.56 Å². The number of nitriles is 1. The lowest BCUT2D eigenvalue weighted by Gasteiger charge is -2.00. The Morgan fingerprint density at radius 2 is 1.87 bits per heavy atom. The lowest BCUT2D eigenvalue weighted by atomic mass is 10.1. The molecule has 0 aromatic heterocycles. The highest BCUT2D eigenvalue weighted by Crippen LogP contribution is 2.23. The lowest BCUT2D eigenvalue weighted by molar-refractivity contribution is 1.46. The van der Waals surface area contributed by atoms with Crippen molar-refractivity contribution in [2.24, 2.45) is 0 Å². The van der Waals surface area contributed by atoms with Crippen LogP contribution in [-0.2, 0) is 0 Å². The van der Waals surface area contributed by atoms with Crippen LogP contribution in [-0.4, -0.2) is 0 Å². The molecule has 0 heterocycles. The second-order valence-electron chi connectivity index (χ2n) is 2.41. The third-order valence-electron chi connectivity index (χ3n) is 1.52. The maximum absolute atomic E-state index is 8.78. The molecule has 2 N–H and O–H groups in total. The molecule has 1 aromatic rings. The second kappa shape index (κ2) is 6.92. The van der Waals surface area contributed by atoms with Gasteiger partial charge >= 0.3 is 0 Å². The smallest absolute Gasteiger partial charge is 0.100 e. The van der Waals surface area contributed by atoms with Gasteiger partial charge in [0.1, 0.15) is 6.07 Å². The third-order valence-corrected chi connectivity index (χ3v) is 2.20. The minimum atomic E-state index is 0.537. The number of nitrogens with two attached hydrogens (primary N) is 1. The van der Waals surface area contributed by atoms with Gasteiger partial charge in [-0.15, -0.1) is 5.92 Å². The average molecular weight is 265 g/mol. The van der Waals surface area contributed by atoms with E-state index >= 15 is 0 Å². The first kappa shape index (κ1) is 13.5. The van der Waals surface area contributed by atoms with Crippen LogP contribution in [0.15, 0.2) is 16.6 Å². The highest BCUT2D eigenvalue weighted by Gasteiger charge is 2.03. The summed E-state index contributed by atoms with van der Waals surface area (Å²) >= 11 is 3.25. The average Bonchev–Trinajstić information content (AvgIpc) is 2.26. The molecule has 0 saturated carbocycles. The third kappa shape index (κ3) is 3.65. The van der Waals surface area contributed by atoms with Gasteiger partial charge in [-0.1, -0.05) is 19.8 Å². The Kier molecular flexibility index (Phi) is 6.25. The lowest BCUT2D eigenvalue weighted by Crippen LogP contribution is -1.91. The molecule has 1 aromatic carbocycles. The Bertz CT molecular complexity index is 433. The van der Waals surface area contributed by atoms with Crippen molar-refractivity contribution in [2.75, 3.05) is 5.73 Å². The Morgan fingerprint density at radius 3 is 2.33 bits per heavy atom. The zero-order chi connectivity index (χ0) is 11.8. The van der Waals surface area contributed by atoms with E-state index in [4.69, 9.17) is 11.0 Å². The normalized spacial score (nSPS) is 7.67. The van der Waals surface area contributed by atoms with Crippen LogP contribution < -0.4 is 5.73 Å². The SMILES string of the molecule is CC.CC#Cc1cc(N)c(Br)cc1C#N. The molecule has 1 rings (SSSR count). The van der Waals surface area contributed by atoms with Gasteiger partial charge in [0.25, 0.3) is 0 Å². The number of hydrogen-bond acceptors (Lipinski definition) is 2. The summed E-state index contributed by atoms with van der Waals surface area (Å²) in [5.41, 5.74) is 7.45. The van der Waals surface area contributed by atoms with E-state index in [9.17, 15) is 0 Å². The molecular formula is C12H13BrN2. The monoisotopic (exact) mass is 264 g/mol. The summed E-state index contributed by atoms with van der Waals surface area (Å²) < 4.78 is 0.728. The molecule has 0 fully saturated rings. The molecule has 0 amide bonds. The minimum Gasteiger partial charge on any atom is -0.398 e. The summed E-state index contributed by atoms with van der Waals surface area (Å²) in [5.74, 6) is 5.56. The van der Waals surface area contributed by atoms with E-state index in [1.807, 2.05) is 13.8 Å². The summed E-state index contributed by atoms with van der Waals surface area (Å²) in [6.45, 7) is 5.72. The molecule has 0 aliphatic carbocycles. The topological polar surface area (TPSA) is 49.8 Å². The molecule has 15 heavy (non-hydrogen) atoms. The van der Waals surface area contributed by atoms with E-state index < -0.39 is 0 Å². The van der Waals surface area contributed by atoms with Crippen molar-refractivity contribution >= 4 is 21.6 Å². The number of benzene rings is 1. The Balaban J connectivity index is 0.000000921. The van der Waals surface area contributed by atoms with E-state index in [0.717, 1.165) is 4.47 Å². The molecule has 0 aliphatic rings. The summed E-state index contributed by atoms with van der Waals surface area (Å²) in [6, 6.07) is 5.43. The standard InChI is InChI=1S/C10H7BrN2.C2H6/c1-2-3-7-5-10(13)9(11)4-8(7)6-12;1-2/h4-5H,13H2,1H3;1-2H3. The number of nitrogens with zero attached hydrogens (tertiary/aromatic N) is 1. The van der Waals surface area contributed by atoms with Crippen molar-refractivity contribution in [1.29, 1.82) is 5.26 Å². The molecule has 78 valence electrons. The zero-order valence-corrected chi connectivity index (χ0v) is 10.6. The van der Waals surface area contributed by atoms with Crippen LogP contribution in [0, 0.1) is 23.2 Å². The predicted octanol–water partition coefficient (Wildman–Crippen LogP) is 3.30. The van der Waals surface area contributed by atoms with Crippen molar-refractivity contribution < 1.29 is 0 Å². The molecule has 0 unspecified atom stereocenters. The van der Waals surface area contributed by atoms with Crippen LogP contribution in [0.5, 0.6) is 0 Å². The first-order valence-electron chi connectivity index (χ1n) is 4.61. The summed E-state index contributed by atoms with van der Waals surface area (Å²) in [4.78, 5) is 0. The van der Waals surface area contributed by atoms with Crippen LogP contribution in [0.1, 0.15) is 31.9 Å². The molecule has 3 heteroatoms. The first-order valence-corrected chi connectivity index (χ1v) is 5.40. The largest absolute Gasteiger partial charge is 0.398 e. The molecule has 0 aliphatic heterocycles. The number of hydrogen-bond donors (Lipinski definition) is 1. The van der Waals surface area contributed by atoms with Gasteiger partial charge in [-0.2, -0.15) is 5.26 Å². The van der Waals surface area contributed by atoms with E-state index in [-0.39, 0.29) is 0 Å². The molecule has 0 radical (unpaired) electrons. The van der Waals surface area contributed by atoms with Crippen LogP contribution >= 0.6 is 15.9 Å². The van der Waals surface area contributed by atoms with E-state index in [0.29, 0.717) is 16.8 Å². The number of anilines is 1. The van der Waals surface area contributed by atoms with Gasteiger partial charge < -0.3 is 5.73 Å². The molecule has 2 nitrogen and oxygen atoms in total. The quantitative estimate of drug-likeness (QED) is 0.578. The fraction of sp³-hybridized carbons (Fsp3) is 0.250. The number of nitrogen functional groups attached to an aromatic ring is 1. The number of rotatable bonds is 0. The minimum absolute atomic E-state index is 0.537. The van der Waals surface area contributed by atoms with Crippen LogP contribution in [0.25, 0.3) is 0 Å². The van der Waals surface area contributed by atoms with E-state index in [1.54, 1.807) is 19.1 Å². The maximum Gasteiger partial charge on any atom is 0.100 e. The molecular weight excluding hydrogens is 252 g/mol. The molecule has 0 spiro atoms. The van der Waals surface area contributed by atoms with Crippen LogP contribution in [0.4, 0.5) is 5.69 Å². The Morgan fingerprint density at radius 1 is 1.27 bits per heavy atom. The summed E-state index contributed by atoms with van der Waals surface area (Å²) in [5, 5.41) is 8.78. The maximum atomic E-state index is 8.78. The van der Waals surface area contributed by atoms with E-state index in [2.05, 4.69) is 33.8 Å². The van der Waals surface area contributed by atoms with Crippen molar-refractivity contribution in [3.05, 3.63) is 27.7 Å². The van der Waals surface area contributed by atoms with Crippen LogP contribution in [0.2, 0.25) is 0 Å². The highest BCUT2D eigenvalue weighted by atomic mass is 79.9. The van der Waals surface area contributed by atoms with Gasteiger partial charge in [0, 0.05) is 15.7 Å². The fourth-order valence-electron chi connectivity index (χ4n) is 0.921. The van der Waals surface area contributed by atoms with E-state index in [1.165, 1.54) is 0 Å². The highest BCUT2D eigenvalue weighted by molar-refractivity contribution is 9.10.